The van der Waals surface area contributed by atoms with Gasteiger partial charge in [-0.1, -0.05) is 23.7 Å². The molecule has 1 heterocycles. The molecule has 0 aliphatic rings. The number of nitrogens with zero attached hydrogens (tertiary/aromatic N) is 2. The van der Waals surface area contributed by atoms with E-state index in [-0.39, 0.29) is 6.04 Å². The van der Waals surface area contributed by atoms with Gasteiger partial charge < -0.3 is 4.90 Å². The van der Waals surface area contributed by atoms with E-state index >= 15 is 0 Å². The van der Waals surface area contributed by atoms with Gasteiger partial charge in [0.15, 0.2) is 0 Å². The summed E-state index contributed by atoms with van der Waals surface area (Å²) in [6, 6.07) is 12.2. The Hall–Kier alpha value is -1.06. The molecule has 4 heteroatoms. The smallest absolute Gasteiger partial charge is 0.129 e. The van der Waals surface area contributed by atoms with E-state index in [1.807, 2.05) is 31.2 Å². The van der Waals surface area contributed by atoms with E-state index in [0.717, 1.165) is 21.0 Å². The number of aryl methyl sites for hydroxylation is 1. The molecule has 0 amide bonds. The summed E-state index contributed by atoms with van der Waals surface area (Å²) in [6.07, 6.45) is 0. The zero-order valence-electron chi connectivity index (χ0n) is 11.2. The summed E-state index contributed by atoms with van der Waals surface area (Å²) in [4.78, 5) is 6.75. The summed E-state index contributed by atoms with van der Waals surface area (Å²) in [5, 5.41) is 0.760. The van der Waals surface area contributed by atoms with Gasteiger partial charge in [0, 0.05) is 16.5 Å². The fourth-order valence-corrected chi connectivity index (χ4v) is 2.24. The molecule has 2 aromatic rings. The van der Waals surface area contributed by atoms with Crippen LogP contribution in [0.4, 0.5) is 5.82 Å². The van der Waals surface area contributed by atoms with Crippen molar-refractivity contribution < 1.29 is 0 Å². The molecule has 1 unspecified atom stereocenters. The summed E-state index contributed by atoms with van der Waals surface area (Å²) in [7, 11) is 2.05. The number of anilines is 1. The third-order valence-electron chi connectivity index (χ3n) is 3.30. The maximum atomic E-state index is 5.92. The van der Waals surface area contributed by atoms with E-state index in [2.05, 4.69) is 51.9 Å². The van der Waals surface area contributed by atoms with Gasteiger partial charge in [-0.25, -0.2) is 4.98 Å². The van der Waals surface area contributed by atoms with Crippen molar-refractivity contribution in [1.29, 1.82) is 0 Å². The minimum absolute atomic E-state index is 0.241. The maximum Gasteiger partial charge on any atom is 0.129 e. The molecular weight excluding hydrogens is 324 g/mol. The van der Waals surface area contributed by atoms with Gasteiger partial charge in [0.25, 0.3) is 0 Å². The van der Waals surface area contributed by atoms with Crippen molar-refractivity contribution in [1.82, 2.24) is 4.98 Å². The van der Waals surface area contributed by atoms with Gasteiger partial charge >= 0.3 is 0 Å². The molecular formula is C15H16BrClN2. The summed E-state index contributed by atoms with van der Waals surface area (Å²) in [5.41, 5.74) is 2.21. The molecule has 0 saturated carbocycles. The van der Waals surface area contributed by atoms with E-state index in [9.17, 15) is 0 Å². The van der Waals surface area contributed by atoms with Crippen LogP contribution in [0.1, 0.15) is 24.2 Å². The molecule has 0 N–H and O–H groups in total. The molecule has 1 aromatic carbocycles. The monoisotopic (exact) mass is 338 g/mol. The molecule has 0 spiro atoms. The van der Waals surface area contributed by atoms with Crippen molar-refractivity contribution in [2.24, 2.45) is 0 Å². The number of rotatable bonds is 3. The predicted molar refractivity (Wildman–Crippen MR) is 84.9 cm³/mol. The number of hydrogen-bond donors (Lipinski definition) is 0. The van der Waals surface area contributed by atoms with Gasteiger partial charge in [0.1, 0.15) is 5.82 Å². The molecule has 1 atom stereocenters. The molecule has 100 valence electrons. The van der Waals surface area contributed by atoms with Gasteiger partial charge in [-0.15, -0.1) is 0 Å². The van der Waals surface area contributed by atoms with Crippen LogP contribution in [-0.4, -0.2) is 12.0 Å². The Morgan fingerprint density at radius 2 is 1.79 bits per heavy atom. The second kappa shape index (κ2) is 5.93. The van der Waals surface area contributed by atoms with E-state index in [1.165, 1.54) is 5.56 Å². The summed E-state index contributed by atoms with van der Waals surface area (Å²) < 4.78 is 1.03. The Kier molecular flexibility index (Phi) is 4.48. The largest absolute Gasteiger partial charge is 0.353 e. The van der Waals surface area contributed by atoms with Crippen LogP contribution in [0, 0.1) is 6.92 Å². The molecule has 2 rings (SSSR count). The quantitative estimate of drug-likeness (QED) is 0.782. The lowest BCUT2D eigenvalue weighted by Gasteiger charge is -2.26. The number of halogens is 2. The van der Waals surface area contributed by atoms with E-state index in [0.29, 0.717) is 0 Å². The van der Waals surface area contributed by atoms with Crippen LogP contribution in [0.25, 0.3) is 0 Å². The third-order valence-corrected chi connectivity index (χ3v) is 4.39. The Morgan fingerprint density at radius 3 is 2.37 bits per heavy atom. The number of hydrogen-bond acceptors (Lipinski definition) is 2. The van der Waals surface area contributed by atoms with Gasteiger partial charge in [-0.3, -0.25) is 0 Å². The minimum atomic E-state index is 0.241. The first-order chi connectivity index (χ1) is 8.99. The molecule has 2 nitrogen and oxygen atoms in total. The van der Waals surface area contributed by atoms with Crippen molar-refractivity contribution in [2.75, 3.05) is 11.9 Å². The molecule has 0 aliphatic carbocycles. The Balaban J connectivity index is 2.25. The zero-order valence-corrected chi connectivity index (χ0v) is 13.5. The summed E-state index contributed by atoms with van der Waals surface area (Å²) in [6.45, 7) is 4.15. The van der Waals surface area contributed by atoms with Crippen molar-refractivity contribution in [2.45, 2.75) is 19.9 Å². The first-order valence-corrected chi connectivity index (χ1v) is 7.27. The van der Waals surface area contributed by atoms with E-state index in [4.69, 9.17) is 11.6 Å². The normalized spacial score (nSPS) is 12.3. The topological polar surface area (TPSA) is 16.1 Å². The number of benzene rings is 1. The van der Waals surface area contributed by atoms with Crippen LogP contribution >= 0.6 is 27.5 Å². The Bertz CT molecular complexity index is 569. The zero-order chi connectivity index (χ0) is 14.0. The highest BCUT2D eigenvalue weighted by Gasteiger charge is 2.13. The van der Waals surface area contributed by atoms with E-state index in [1.54, 1.807) is 0 Å². The number of pyridine rings is 1. The van der Waals surface area contributed by atoms with Gasteiger partial charge in [-0.05, 0) is 59.6 Å². The average molecular weight is 340 g/mol. The minimum Gasteiger partial charge on any atom is -0.353 e. The summed E-state index contributed by atoms with van der Waals surface area (Å²) in [5.74, 6) is 0.961. The summed E-state index contributed by atoms with van der Waals surface area (Å²) >= 11 is 9.39. The first-order valence-electron chi connectivity index (χ1n) is 6.10. The van der Waals surface area contributed by atoms with Gasteiger partial charge in [0.2, 0.25) is 0 Å². The van der Waals surface area contributed by atoms with Crippen molar-refractivity contribution >= 4 is 33.3 Å². The van der Waals surface area contributed by atoms with Gasteiger partial charge in [0.05, 0.1) is 11.7 Å². The highest BCUT2D eigenvalue weighted by atomic mass is 79.9. The highest BCUT2D eigenvalue weighted by molar-refractivity contribution is 9.10. The third kappa shape index (κ3) is 3.28. The average Bonchev–Trinajstić information content (AvgIpc) is 2.41. The first kappa shape index (κ1) is 14.4. The second-order valence-corrected chi connectivity index (χ2v) is 5.87. The predicted octanol–water partition coefficient (Wildman–Crippen LogP) is 5.00. The fourth-order valence-electron chi connectivity index (χ4n) is 1.89. The Morgan fingerprint density at radius 1 is 1.16 bits per heavy atom. The van der Waals surface area contributed by atoms with Crippen LogP contribution in [0.15, 0.2) is 40.9 Å². The molecule has 0 aliphatic heterocycles. The van der Waals surface area contributed by atoms with Crippen molar-refractivity contribution in [3.8, 4) is 0 Å². The standard InChI is InChI=1S/C15H16BrClN2/c1-10-14(16)8-9-15(18-10)19(3)11(2)12-4-6-13(17)7-5-12/h4-9,11H,1-3H3. The lowest BCUT2D eigenvalue weighted by atomic mass is 10.1. The number of aromatic nitrogens is 1. The lowest BCUT2D eigenvalue weighted by Crippen LogP contribution is -2.22. The second-order valence-electron chi connectivity index (χ2n) is 4.58. The maximum absolute atomic E-state index is 5.92. The van der Waals surface area contributed by atoms with Crippen molar-refractivity contribution in [3.63, 3.8) is 0 Å². The van der Waals surface area contributed by atoms with E-state index < -0.39 is 0 Å². The van der Waals surface area contributed by atoms with Crippen molar-refractivity contribution in [3.05, 3.63) is 57.2 Å². The fraction of sp³-hybridized carbons (Fsp3) is 0.267. The molecule has 0 fully saturated rings. The van der Waals surface area contributed by atoms with Crippen LogP contribution in [0.2, 0.25) is 5.02 Å². The van der Waals surface area contributed by atoms with Crippen LogP contribution < -0.4 is 4.90 Å². The van der Waals surface area contributed by atoms with Crippen LogP contribution in [-0.2, 0) is 0 Å². The molecule has 19 heavy (non-hydrogen) atoms. The molecule has 0 saturated heterocycles. The lowest BCUT2D eigenvalue weighted by molar-refractivity contribution is 0.727. The Labute approximate surface area is 127 Å². The molecule has 1 aromatic heterocycles. The SMILES string of the molecule is Cc1nc(N(C)C(C)c2ccc(Cl)cc2)ccc1Br. The van der Waals surface area contributed by atoms with Crippen LogP contribution in [0.3, 0.4) is 0 Å². The van der Waals surface area contributed by atoms with Gasteiger partial charge in [-0.2, -0.15) is 0 Å². The molecule has 0 radical (unpaired) electrons. The highest BCUT2D eigenvalue weighted by Crippen LogP contribution is 2.26. The molecule has 0 bridgehead atoms. The van der Waals surface area contributed by atoms with Crippen LogP contribution in [0.5, 0.6) is 0 Å².